The van der Waals surface area contributed by atoms with Crippen molar-refractivity contribution in [2.75, 3.05) is 11.9 Å². The van der Waals surface area contributed by atoms with Crippen molar-refractivity contribution < 1.29 is 8.78 Å². The molecule has 3 N–H and O–H groups in total. The zero-order valence-electron chi connectivity index (χ0n) is 8.14. The molecule has 1 aromatic rings. The first kappa shape index (κ1) is 10.8. The van der Waals surface area contributed by atoms with Gasteiger partial charge in [-0.3, -0.25) is 0 Å². The Bertz CT molecular complexity index is 326. The molecule has 78 valence electrons. The van der Waals surface area contributed by atoms with E-state index < -0.39 is 17.2 Å². The van der Waals surface area contributed by atoms with E-state index >= 15 is 0 Å². The zero-order chi connectivity index (χ0) is 10.8. The third-order valence-electron chi connectivity index (χ3n) is 1.77. The van der Waals surface area contributed by atoms with Gasteiger partial charge in [0.1, 0.15) is 5.82 Å². The fourth-order valence-electron chi connectivity index (χ4n) is 0.878. The second-order valence-corrected chi connectivity index (χ2v) is 3.70. The monoisotopic (exact) mass is 201 g/mol. The van der Waals surface area contributed by atoms with Gasteiger partial charge in [0, 0.05) is 18.2 Å². The maximum atomic E-state index is 13.1. The molecule has 0 unspecified atom stereocenters. The van der Waals surface area contributed by atoms with Gasteiger partial charge in [0.2, 0.25) is 0 Å². The molecule has 1 heterocycles. The second-order valence-electron chi connectivity index (χ2n) is 3.70. The van der Waals surface area contributed by atoms with Gasteiger partial charge >= 0.3 is 0 Å². The van der Waals surface area contributed by atoms with Crippen LogP contribution in [0, 0.1) is 11.6 Å². The molecule has 0 saturated heterocycles. The van der Waals surface area contributed by atoms with Gasteiger partial charge in [-0.2, -0.15) is 0 Å². The van der Waals surface area contributed by atoms with Crippen LogP contribution < -0.4 is 11.1 Å². The van der Waals surface area contributed by atoms with E-state index in [9.17, 15) is 8.78 Å². The first-order valence-corrected chi connectivity index (χ1v) is 4.24. The van der Waals surface area contributed by atoms with Gasteiger partial charge in [-0.1, -0.05) is 0 Å². The Kier molecular flexibility index (Phi) is 3.00. The van der Waals surface area contributed by atoms with Crippen molar-refractivity contribution >= 4 is 5.82 Å². The Morgan fingerprint density at radius 2 is 2.14 bits per heavy atom. The van der Waals surface area contributed by atoms with Crippen molar-refractivity contribution in [2.45, 2.75) is 19.4 Å². The van der Waals surface area contributed by atoms with Crippen molar-refractivity contribution in [3.05, 3.63) is 23.9 Å². The molecule has 0 aliphatic carbocycles. The molecule has 0 fully saturated rings. The summed E-state index contributed by atoms with van der Waals surface area (Å²) >= 11 is 0. The molecule has 0 radical (unpaired) electrons. The highest BCUT2D eigenvalue weighted by Gasteiger charge is 2.17. The van der Waals surface area contributed by atoms with E-state index in [1.165, 1.54) is 0 Å². The van der Waals surface area contributed by atoms with Crippen LogP contribution in [0.5, 0.6) is 0 Å². The molecule has 0 saturated carbocycles. The Morgan fingerprint density at radius 3 is 2.64 bits per heavy atom. The smallest absolute Gasteiger partial charge is 0.168 e. The van der Waals surface area contributed by atoms with E-state index in [2.05, 4.69) is 10.3 Å². The minimum Gasteiger partial charge on any atom is -0.361 e. The predicted octanol–water partition coefficient (Wildman–Crippen LogP) is 1.51. The molecule has 0 spiro atoms. The van der Waals surface area contributed by atoms with Crippen LogP contribution in [-0.2, 0) is 0 Å². The summed E-state index contributed by atoms with van der Waals surface area (Å²) in [7, 11) is 0. The Balaban J connectivity index is 2.87. The highest BCUT2D eigenvalue weighted by Crippen LogP contribution is 2.15. The first-order valence-electron chi connectivity index (χ1n) is 4.24. The number of halogens is 2. The minimum absolute atomic E-state index is 0.0156. The van der Waals surface area contributed by atoms with Crippen LogP contribution >= 0.6 is 0 Å². The highest BCUT2D eigenvalue weighted by molar-refractivity contribution is 5.38. The summed E-state index contributed by atoms with van der Waals surface area (Å²) in [5, 5.41) is 2.79. The summed E-state index contributed by atoms with van der Waals surface area (Å²) in [6, 6.07) is 0.780. The van der Waals surface area contributed by atoms with E-state index in [4.69, 9.17) is 5.73 Å². The summed E-state index contributed by atoms with van der Waals surface area (Å²) in [5.74, 6) is -1.40. The number of hydrogen-bond acceptors (Lipinski definition) is 3. The molecule has 14 heavy (non-hydrogen) atoms. The Hall–Kier alpha value is -1.23. The van der Waals surface area contributed by atoms with Crippen molar-refractivity contribution in [1.29, 1.82) is 0 Å². The van der Waals surface area contributed by atoms with Gasteiger partial charge in [0.25, 0.3) is 0 Å². The summed E-state index contributed by atoms with van der Waals surface area (Å²) in [6.45, 7) is 3.93. The van der Waals surface area contributed by atoms with Gasteiger partial charge < -0.3 is 11.1 Å². The van der Waals surface area contributed by atoms with Gasteiger partial charge in [-0.25, -0.2) is 13.8 Å². The Morgan fingerprint density at radius 1 is 1.50 bits per heavy atom. The van der Waals surface area contributed by atoms with Crippen LogP contribution in [0.25, 0.3) is 0 Å². The lowest BCUT2D eigenvalue weighted by molar-refractivity contribution is 0.546. The van der Waals surface area contributed by atoms with Gasteiger partial charge in [0.05, 0.1) is 6.20 Å². The molecule has 0 amide bonds. The highest BCUT2D eigenvalue weighted by atomic mass is 19.1. The Labute approximate surface area is 81.3 Å². The summed E-state index contributed by atoms with van der Waals surface area (Å²) in [6.07, 6.45) is 0.956. The van der Waals surface area contributed by atoms with Crippen molar-refractivity contribution in [3.63, 3.8) is 0 Å². The van der Waals surface area contributed by atoms with Gasteiger partial charge in [-0.15, -0.1) is 0 Å². The molecule has 0 aromatic carbocycles. The molecule has 0 atom stereocenters. The quantitative estimate of drug-likeness (QED) is 0.779. The molecule has 0 aliphatic heterocycles. The number of pyridine rings is 1. The second kappa shape index (κ2) is 3.88. The van der Waals surface area contributed by atoms with Crippen LogP contribution in [0.2, 0.25) is 0 Å². The maximum Gasteiger partial charge on any atom is 0.168 e. The lowest BCUT2D eigenvalue weighted by atomic mass is 10.1. The van der Waals surface area contributed by atoms with E-state index in [0.29, 0.717) is 6.54 Å². The molecular weight excluding hydrogens is 188 g/mol. The first-order chi connectivity index (χ1) is 6.44. The topological polar surface area (TPSA) is 50.9 Å². The van der Waals surface area contributed by atoms with Crippen molar-refractivity contribution in [3.8, 4) is 0 Å². The maximum absolute atomic E-state index is 13.1. The van der Waals surface area contributed by atoms with E-state index in [-0.39, 0.29) is 5.82 Å². The fourth-order valence-corrected chi connectivity index (χ4v) is 0.878. The third kappa shape index (κ3) is 2.63. The fraction of sp³-hybridized carbons (Fsp3) is 0.444. The number of nitrogens with two attached hydrogens (primary N) is 1. The van der Waals surface area contributed by atoms with Crippen molar-refractivity contribution in [2.24, 2.45) is 5.73 Å². The van der Waals surface area contributed by atoms with E-state index in [1.807, 2.05) is 0 Å². The molecule has 0 bridgehead atoms. The lowest BCUT2D eigenvalue weighted by Gasteiger charge is -2.24. The molecular formula is C9H13F2N3. The summed E-state index contributed by atoms with van der Waals surface area (Å²) in [5.41, 5.74) is 4.98. The van der Waals surface area contributed by atoms with E-state index in [0.717, 1.165) is 12.3 Å². The normalized spacial score (nSPS) is 11.5. The van der Waals surface area contributed by atoms with Crippen LogP contribution in [0.3, 0.4) is 0 Å². The molecule has 1 aromatic heterocycles. The van der Waals surface area contributed by atoms with E-state index in [1.54, 1.807) is 13.8 Å². The molecule has 3 nitrogen and oxygen atoms in total. The number of hydrogen-bond donors (Lipinski definition) is 2. The standard InChI is InChI=1S/C9H13F2N3/c1-9(2,5-12)14-8-7(11)3-6(10)4-13-8/h3-4H,5,12H2,1-2H3,(H,13,14). The summed E-state index contributed by atoms with van der Waals surface area (Å²) < 4.78 is 25.6. The number of anilines is 1. The molecule has 0 aliphatic rings. The van der Waals surface area contributed by atoms with Crippen LogP contribution in [0.1, 0.15) is 13.8 Å². The zero-order valence-corrected chi connectivity index (χ0v) is 8.14. The minimum atomic E-state index is -0.716. The van der Waals surface area contributed by atoms with Crippen LogP contribution in [-0.4, -0.2) is 17.1 Å². The lowest BCUT2D eigenvalue weighted by Crippen LogP contribution is -2.39. The predicted molar refractivity (Wildman–Crippen MR) is 50.9 cm³/mol. The summed E-state index contributed by atoms with van der Waals surface area (Å²) in [4.78, 5) is 3.59. The SMILES string of the molecule is CC(C)(CN)Nc1ncc(F)cc1F. The number of aromatic nitrogens is 1. The van der Waals surface area contributed by atoms with Crippen LogP contribution in [0.4, 0.5) is 14.6 Å². The average Bonchev–Trinajstić information content (AvgIpc) is 2.10. The van der Waals surface area contributed by atoms with Crippen molar-refractivity contribution in [1.82, 2.24) is 4.98 Å². The number of rotatable bonds is 3. The molecule has 1 rings (SSSR count). The largest absolute Gasteiger partial charge is 0.361 e. The van der Waals surface area contributed by atoms with Gasteiger partial charge in [0.15, 0.2) is 11.6 Å². The number of nitrogens with zero attached hydrogens (tertiary/aromatic N) is 1. The average molecular weight is 201 g/mol. The van der Waals surface area contributed by atoms with Crippen LogP contribution in [0.15, 0.2) is 12.3 Å². The third-order valence-corrected chi connectivity index (χ3v) is 1.77. The number of nitrogens with one attached hydrogen (secondary N) is 1. The molecule has 5 heteroatoms. The van der Waals surface area contributed by atoms with Gasteiger partial charge in [-0.05, 0) is 13.8 Å².